The van der Waals surface area contributed by atoms with E-state index in [0.29, 0.717) is 58.8 Å². The van der Waals surface area contributed by atoms with Crippen LogP contribution in [0.25, 0.3) is 0 Å². The summed E-state index contributed by atoms with van der Waals surface area (Å²) in [5, 5.41) is 11.3. The van der Waals surface area contributed by atoms with E-state index in [-0.39, 0.29) is 42.7 Å². The highest BCUT2D eigenvalue weighted by molar-refractivity contribution is 6.12. The smallest absolute Gasteiger partial charge is 0.253 e. The van der Waals surface area contributed by atoms with Crippen molar-refractivity contribution < 1.29 is 38.2 Å². The summed E-state index contributed by atoms with van der Waals surface area (Å²) < 4.78 is 15.1. The summed E-state index contributed by atoms with van der Waals surface area (Å²) in [6, 6.07) is -0.693. The molecular formula is C25H43N5O8. The minimum Gasteiger partial charge on any atom is -0.375 e. The molecule has 216 valence electrons. The van der Waals surface area contributed by atoms with Crippen molar-refractivity contribution in [1.29, 1.82) is 0 Å². The molecule has 38 heavy (non-hydrogen) atoms. The van der Waals surface area contributed by atoms with Gasteiger partial charge in [-0.2, -0.15) is 0 Å². The number of unbranched alkanes of at least 4 members (excludes halogenated alkanes) is 4. The number of ether oxygens (including phenoxy) is 3. The molecule has 1 unspecified atom stereocenters. The van der Waals surface area contributed by atoms with E-state index in [2.05, 4.69) is 21.3 Å². The Balaban J connectivity index is 2.09. The molecule has 0 radical (unpaired) electrons. The molecule has 1 atom stereocenters. The molecule has 5 amide bonds. The van der Waals surface area contributed by atoms with Crippen LogP contribution in [-0.4, -0.2) is 107 Å². The zero-order valence-electron chi connectivity index (χ0n) is 22.6. The van der Waals surface area contributed by atoms with Crippen molar-refractivity contribution >= 4 is 29.5 Å². The molecule has 1 aliphatic rings. The highest BCUT2D eigenvalue weighted by Crippen LogP contribution is 2.07. The van der Waals surface area contributed by atoms with Gasteiger partial charge in [0.1, 0.15) is 19.3 Å². The Morgan fingerprint density at radius 3 is 2.21 bits per heavy atom. The highest BCUT2D eigenvalue weighted by Gasteiger charge is 2.22. The first-order valence-electron chi connectivity index (χ1n) is 13.0. The van der Waals surface area contributed by atoms with Gasteiger partial charge in [0.05, 0.1) is 6.73 Å². The molecule has 4 N–H and O–H groups in total. The fourth-order valence-electron chi connectivity index (χ4n) is 3.61. The van der Waals surface area contributed by atoms with E-state index in [0.717, 1.165) is 25.7 Å². The zero-order valence-corrected chi connectivity index (χ0v) is 22.6. The molecular weight excluding hydrogens is 498 g/mol. The van der Waals surface area contributed by atoms with Crippen LogP contribution in [0, 0.1) is 0 Å². The fourth-order valence-corrected chi connectivity index (χ4v) is 3.61. The number of rotatable bonds is 23. The lowest BCUT2D eigenvalue weighted by Crippen LogP contribution is -2.49. The molecule has 1 rings (SSSR count). The van der Waals surface area contributed by atoms with Crippen LogP contribution >= 0.6 is 0 Å². The van der Waals surface area contributed by atoms with E-state index in [4.69, 9.17) is 14.2 Å². The van der Waals surface area contributed by atoms with Gasteiger partial charge in [0.25, 0.3) is 11.8 Å². The Bertz CT molecular complexity index is 759. The first kappa shape index (κ1) is 33.2. The lowest BCUT2D eigenvalue weighted by Gasteiger charge is -2.18. The second-order valence-corrected chi connectivity index (χ2v) is 8.75. The first-order chi connectivity index (χ1) is 18.4. The van der Waals surface area contributed by atoms with Crippen molar-refractivity contribution in [2.24, 2.45) is 0 Å². The standard InChI is InChI=1S/C25H43N5O8/c1-36-17-21(31)27-12-6-5-9-20(29-22(32)18-37-2)25(35)28-14-13-26-19-38-16-8-4-3-7-15-30-23(33)10-11-24(30)34/h10-11,20,26H,3-9,12-19H2,1-2H3,(H,27,31)(H,28,35)(H,29,32). The predicted octanol–water partition coefficient (Wildman–Crippen LogP) is -0.784. The van der Waals surface area contributed by atoms with E-state index in [9.17, 15) is 24.0 Å². The molecule has 0 saturated carbocycles. The lowest BCUT2D eigenvalue weighted by atomic mass is 10.1. The maximum Gasteiger partial charge on any atom is 0.253 e. The van der Waals surface area contributed by atoms with E-state index in [1.165, 1.54) is 31.3 Å². The van der Waals surface area contributed by atoms with Crippen LogP contribution in [0.3, 0.4) is 0 Å². The normalized spacial score (nSPS) is 13.6. The number of nitrogens with one attached hydrogen (secondary N) is 4. The van der Waals surface area contributed by atoms with Gasteiger partial charge in [0.2, 0.25) is 17.7 Å². The van der Waals surface area contributed by atoms with Gasteiger partial charge in [0, 0.05) is 59.2 Å². The van der Waals surface area contributed by atoms with Crippen LogP contribution in [0.4, 0.5) is 0 Å². The number of imide groups is 1. The summed E-state index contributed by atoms with van der Waals surface area (Å²) in [4.78, 5) is 60.1. The number of amides is 5. The van der Waals surface area contributed by atoms with E-state index >= 15 is 0 Å². The van der Waals surface area contributed by atoms with Gasteiger partial charge in [-0.05, 0) is 32.1 Å². The number of methoxy groups -OCH3 is 2. The largest absolute Gasteiger partial charge is 0.375 e. The summed E-state index contributed by atoms with van der Waals surface area (Å²) in [5.74, 6) is -1.34. The Hall–Kier alpha value is -2.87. The van der Waals surface area contributed by atoms with Gasteiger partial charge in [-0.15, -0.1) is 0 Å². The Labute approximate surface area is 224 Å². The third-order valence-corrected chi connectivity index (χ3v) is 5.57. The molecule has 0 aromatic carbocycles. The van der Waals surface area contributed by atoms with Crippen LogP contribution < -0.4 is 21.3 Å². The minimum atomic E-state index is -0.693. The molecule has 0 fully saturated rings. The van der Waals surface area contributed by atoms with Crippen molar-refractivity contribution in [2.75, 3.05) is 67.0 Å². The second-order valence-electron chi connectivity index (χ2n) is 8.75. The fraction of sp³-hybridized carbons (Fsp3) is 0.720. The summed E-state index contributed by atoms with van der Waals surface area (Å²) in [6.07, 6.45) is 7.81. The Morgan fingerprint density at radius 1 is 0.816 bits per heavy atom. The number of carbonyl (C=O) groups is 5. The molecule has 13 heteroatoms. The van der Waals surface area contributed by atoms with Crippen LogP contribution in [0.5, 0.6) is 0 Å². The molecule has 1 heterocycles. The number of nitrogens with zero attached hydrogens (tertiary/aromatic N) is 1. The lowest BCUT2D eigenvalue weighted by molar-refractivity contribution is -0.137. The molecule has 0 saturated heterocycles. The molecule has 0 aliphatic carbocycles. The quantitative estimate of drug-likeness (QED) is 0.0737. The summed E-state index contributed by atoms with van der Waals surface area (Å²) in [7, 11) is 2.86. The van der Waals surface area contributed by atoms with Gasteiger partial charge in [0.15, 0.2) is 0 Å². The predicted molar refractivity (Wildman–Crippen MR) is 139 cm³/mol. The first-order valence-corrected chi connectivity index (χ1v) is 13.0. The average molecular weight is 542 g/mol. The average Bonchev–Trinajstić information content (AvgIpc) is 3.20. The maximum absolute atomic E-state index is 12.6. The van der Waals surface area contributed by atoms with Crippen LogP contribution in [-0.2, 0) is 38.2 Å². The van der Waals surface area contributed by atoms with E-state index in [1.807, 2.05) is 0 Å². The third kappa shape index (κ3) is 15.4. The van der Waals surface area contributed by atoms with Gasteiger partial charge in [-0.1, -0.05) is 12.8 Å². The monoisotopic (exact) mass is 541 g/mol. The molecule has 0 spiro atoms. The van der Waals surface area contributed by atoms with Gasteiger partial charge < -0.3 is 30.2 Å². The van der Waals surface area contributed by atoms with E-state index in [1.54, 1.807) is 0 Å². The van der Waals surface area contributed by atoms with Crippen LogP contribution in [0.2, 0.25) is 0 Å². The Kier molecular flexibility index (Phi) is 18.4. The Morgan fingerprint density at radius 2 is 1.50 bits per heavy atom. The van der Waals surface area contributed by atoms with Crippen molar-refractivity contribution in [3.05, 3.63) is 12.2 Å². The van der Waals surface area contributed by atoms with Crippen LogP contribution in [0.15, 0.2) is 12.2 Å². The minimum absolute atomic E-state index is 0.00249. The molecule has 0 bridgehead atoms. The van der Waals surface area contributed by atoms with E-state index < -0.39 is 6.04 Å². The van der Waals surface area contributed by atoms with Crippen molar-refractivity contribution in [3.8, 4) is 0 Å². The van der Waals surface area contributed by atoms with Gasteiger partial charge in [-0.3, -0.25) is 34.2 Å². The topological polar surface area (TPSA) is 164 Å². The molecule has 13 nitrogen and oxygen atoms in total. The summed E-state index contributed by atoms with van der Waals surface area (Å²) >= 11 is 0. The number of carbonyl (C=O) groups excluding carboxylic acids is 5. The number of hydrogen-bond donors (Lipinski definition) is 4. The van der Waals surface area contributed by atoms with Crippen molar-refractivity contribution in [1.82, 2.24) is 26.2 Å². The second kappa shape index (κ2) is 21.1. The number of hydrogen-bond acceptors (Lipinski definition) is 9. The molecule has 0 aromatic rings. The third-order valence-electron chi connectivity index (χ3n) is 5.57. The highest BCUT2D eigenvalue weighted by atomic mass is 16.5. The van der Waals surface area contributed by atoms with Crippen molar-refractivity contribution in [2.45, 2.75) is 51.0 Å². The SMILES string of the molecule is COCC(=O)NCCCCC(NC(=O)COC)C(=O)NCCNCOCCCCCCN1C(=O)C=CC1=O. The van der Waals surface area contributed by atoms with Gasteiger partial charge >= 0.3 is 0 Å². The summed E-state index contributed by atoms with van der Waals surface area (Å²) in [6.45, 7) is 2.58. The van der Waals surface area contributed by atoms with Crippen molar-refractivity contribution in [3.63, 3.8) is 0 Å². The maximum atomic E-state index is 12.6. The zero-order chi connectivity index (χ0) is 28.0. The molecule has 0 aromatic heterocycles. The molecule has 1 aliphatic heterocycles. The van der Waals surface area contributed by atoms with Crippen LogP contribution in [0.1, 0.15) is 44.9 Å². The summed E-state index contributed by atoms with van der Waals surface area (Å²) in [5.41, 5.74) is 0. The van der Waals surface area contributed by atoms with Gasteiger partial charge in [-0.25, -0.2) is 0 Å².